The lowest BCUT2D eigenvalue weighted by Gasteiger charge is -2.04. The van der Waals surface area contributed by atoms with E-state index in [0.717, 1.165) is 24.3 Å². The molecule has 0 aliphatic carbocycles. The molecule has 0 atom stereocenters. The van der Waals surface area contributed by atoms with Gasteiger partial charge in [0.2, 0.25) is 0 Å². The Morgan fingerprint density at radius 2 is 0.579 bits per heavy atom. The Morgan fingerprint density at radius 1 is 0.342 bits per heavy atom. The predicted octanol–water partition coefficient (Wildman–Crippen LogP) is 12.8. The second-order valence-corrected chi connectivity index (χ2v) is 13.4. The van der Waals surface area contributed by atoms with E-state index in [0.29, 0.717) is 0 Å². The van der Waals surface area contributed by atoms with Crippen LogP contribution in [0.25, 0.3) is 0 Å². The van der Waals surface area contributed by atoms with E-state index in [1.807, 2.05) is 0 Å². The summed E-state index contributed by atoms with van der Waals surface area (Å²) < 4.78 is 12.2. The van der Waals surface area contributed by atoms with Crippen molar-refractivity contribution in [2.75, 3.05) is 11.5 Å². The molecule has 1 nitrogen and oxygen atoms in total. The minimum atomic E-state index is -0.573. The molecule has 2 heteroatoms. The van der Waals surface area contributed by atoms with Crippen LogP contribution in [0.5, 0.6) is 0 Å². The zero-order valence-electron chi connectivity index (χ0n) is 26.3. The van der Waals surface area contributed by atoms with Crippen molar-refractivity contribution in [1.29, 1.82) is 0 Å². The SMILES string of the molecule is CCCCCCCCC=CCCCCCCCCS(=O)CCCCCCCCC=CCCCCCCCC. The maximum Gasteiger partial charge on any atom is 0.0234 e. The average Bonchev–Trinajstić information content (AvgIpc) is 2.92. The molecule has 0 aromatic rings. The van der Waals surface area contributed by atoms with Gasteiger partial charge in [-0.2, -0.15) is 0 Å². The first-order valence-corrected chi connectivity index (χ1v) is 18.9. The van der Waals surface area contributed by atoms with Gasteiger partial charge >= 0.3 is 0 Å². The summed E-state index contributed by atoms with van der Waals surface area (Å²) in [7, 11) is -0.573. The Bertz CT molecular complexity index is 465. The Hall–Kier alpha value is -0.370. The molecule has 0 aromatic carbocycles. The molecule has 0 N–H and O–H groups in total. The van der Waals surface area contributed by atoms with E-state index in [4.69, 9.17) is 0 Å². The molecule has 0 bridgehead atoms. The van der Waals surface area contributed by atoms with E-state index in [1.165, 1.54) is 167 Å². The van der Waals surface area contributed by atoms with Gasteiger partial charge in [-0.25, -0.2) is 0 Å². The molecular formula is C36H70OS. The van der Waals surface area contributed by atoms with E-state index in [2.05, 4.69) is 38.2 Å². The molecule has 0 saturated heterocycles. The smallest absolute Gasteiger partial charge is 0.0234 e. The summed E-state index contributed by atoms with van der Waals surface area (Å²) in [5.41, 5.74) is 0. The van der Waals surface area contributed by atoms with E-state index >= 15 is 0 Å². The van der Waals surface area contributed by atoms with Crippen LogP contribution in [0.1, 0.15) is 194 Å². The lowest BCUT2D eigenvalue weighted by molar-refractivity contribution is 0.602. The first kappa shape index (κ1) is 37.6. The third kappa shape index (κ3) is 33.7. The van der Waals surface area contributed by atoms with Gasteiger partial charge in [0.1, 0.15) is 0 Å². The maximum absolute atomic E-state index is 12.2. The second kappa shape index (κ2) is 34.7. The summed E-state index contributed by atoms with van der Waals surface area (Å²) >= 11 is 0. The zero-order valence-corrected chi connectivity index (χ0v) is 27.2. The quantitative estimate of drug-likeness (QED) is 0.0601. The molecule has 0 unspecified atom stereocenters. The van der Waals surface area contributed by atoms with Gasteiger partial charge in [0.15, 0.2) is 0 Å². The summed E-state index contributed by atoms with van der Waals surface area (Å²) in [6, 6.07) is 0. The standard InChI is InChI=1S/C36H70OS/c1-3-5-7-9-11-13-15-17-19-21-23-25-27-29-31-33-35-38(37)36-34-32-30-28-26-24-22-20-18-16-14-12-10-8-6-4-2/h17-20H,3-16,21-36H2,1-2H3. The molecular weight excluding hydrogens is 480 g/mol. The Morgan fingerprint density at radius 3 is 0.868 bits per heavy atom. The lowest BCUT2D eigenvalue weighted by atomic mass is 10.1. The van der Waals surface area contributed by atoms with Crippen molar-refractivity contribution in [2.45, 2.75) is 194 Å². The van der Waals surface area contributed by atoms with Crippen molar-refractivity contribution in [3.63, 3.8) is 0 Å². The molecule has 0 heterocycles. The van der Waals surface area contributed by atoms with Crippen LogP contribution in [0.15, 0.2) is 24.3 Å². The van der Waals surface area contributed by atoms with Crippen molar-refractivity contribution in [1.82, 2.24) is 0 Å². The number of rotatable bonds is 32. The van der Waals surface area contributed by atoms with Gasteiger partial charge in [-0.1, -0.05) is 154 Å². The molecule has 0 fully saturated rings. The minimum absolute atomic E-state index is 0.573. The highest BCUT2D eigenvalue weighted by molar-refractivity contribution is 7.84. The van der Waals surface area contributed by atoms with Gasteiger partial charge in [-0.05, 0) is 64.2 Å². The predicted molar refractivity (Wildman–Crippen MR) is 177 cm³/mol. The highest BCUT2D eigenvalue weighted by Crippen LogP contribution is 2.12. The average molecular weight is 551 g/mol. The summed E-state index contributed by atoms with van der Waals surface area (Å²) in [6.07, 6.45) is 47.1. The van der Waals surface area contributed by atoms with E-state index in [9.17, 15) is 4.21 Å². The maximum atomic E-state index is 12.2. The molecule has 0 radical (unpaired) electrons. The molecule has 0 saturated carbocycles. The number of unbranched alkanes of at least 4 members (excludes halogenated alkanes) is 24. The van der Waals surface area contributed by atoms with Crippen molar-refractivity contribution in [3.05, 3.63) is 24.3 Å². The third-order valence-electron chi connectivity index (χ3n) is 7.77. The van der Waals surface area contributed by atoms with Gasteiger partial charge < -0.3 is 0 Å². The summed E-state index contributed by atoms with van der Waals surface area (Å²) in [5, 5.41) is 0. The normalized spacial score (nSPS) is 12.8. The third-order valence-corrected chi connectivity index (χ3v) is 9.26. The fourth-order valence-electron chi connectivity index (χ4n) is 5.12. The molecule has 0 rings (SSSR count). The van der Waals surface area contributed by atoms with E-state index in [-0.39, 0.29) is 0 Å². The molecule has 0 spiro atoms. The Kier molecular flexibility index (Phi) is 34.3. The first-order valence-electron chi connectivity index (χ1n) is 17.5. The summed E-state index contributed by atoms with van der Waals surface area (Å²) in [5.74, 6) is 1.87. The molecule has 226 valence electrons. The molecule has 38 heavy (non-hydrogen) atoms. The van der Waals surface area contributed by atoms with E-state index < -0.39 is 10.8 Å². The Balaban J connectivity index is 3.23. The van der Waals surface area contributed by atoms with Crippen LogP contribution in [-0.4, -0.2) is 15.7 Å². The van der Waals surface area contributed by atoms with Crippen LogP contribution in [0.4, 0.5) is 0 Å². The van der Waals surface area contributed by atoms with Crippen LogP contribution < -0.4 is 0 Å². The first-order chi connectivity index (χ1) is 18.8. The molecule has 0 aromatic heterocycles. The topological polar surface area (TPSA) is 17.1 Å². The largest absolute Gasteiger partial charge is 0.260 e. The Labute approximate surface area is 244 Å². The monoisotopic (exact) mass is 551 g/mol. The van der Waals surface area contributed by atoms with Crippen molar-refractivity contribution in [2.24, 2.45) is 0 Å². The van der Waals surface area contributed by atoms with Crippen molar-refractivity contribution in [3.8, 4) is 0 Å². The summed E-state index contributed by atoms with van der Waals surface area (Å²) in [6.45, 7) is 4.57. The fraction of sp³-hybridized carbons (Fsp3) is 0.889. The van der Waals surface area contributed by atoms with Crippen LogP contribution in [0.3, 0.4) is 0 Å². The van der Waals surface area contributed by atoms with Gasteiger partial charge in [0.05, 0.1) is 0 Å². The van der Waals surface area contributed by atoms with Crippen LogP contribution in [-0.2, 0) is 10.8 Å². The van der Waals surface area contributed by atoms with E-state index in [1.54, 1.807) is 0 Å². The second-order valence-electron chi connectivity index (χ2n) is 11.7. The molecule has 0 aliphatic rings. The van der Waals surface area contributed by atoms with Crippen LogP contribution >= 0.6 is 0 Å². The van der Waals surface area contributed by atoms with Gasteiger partial charge in [-0.15, -0.1) is 0 Å². The highest BCUT2D eigenvalue weighted by Gasteiger charge is 2.00. The highest BCUT2D eigenvalue weighted by atomic mass is 32.2. The van der Waals surface area contributed by atoms with Gasteiger partial charge in [0.25, 0.3) is 0 Å². The van der Waals surface area contributed by atoms with Crippen molar-refractivity contribution >= 4 is 10.8 Å². The van der Waals surface area contributed by atoms with Crippen molar-refractivity contribution < 1.29 is 4.21 Å². The van der Waals surface area contributed by atoms with Gasteiger partial charge in [-0.3, -0.25) is 4.21 Å². The zero-order chi connectivity index (χ0) is 27.6. The lowest BCUT2D eigenvalue weighted by Crippen LogP contribution is -2.02. The summed E-state index contributed by atoms with van der Waals surface area (Å²) in [4.78, 5) is 0. The fourth-order valence-corrected chi connectivity index (χ4v) is 6.38. The van der Waals surface area contributed by atoms with Crippen LogP contribution in [0, 0.1) is 0 Å². The molecule has 0 aliphatic heterocycles. The number of allylic oxidation sites excluding steroid dienone is 4. The van der Waals surface area contributed by atoms with Crippen LogP contribution in [0.2, 0.25) is 0 Å². The number of hydrogen-bond donors (Lipinski definition) is 0. The van der Waals surface area contributed by atoms with Gasteiger partial charge in [0, 0.05) is 22.3 Å². The number of hydrogen-bond acceptors (Lipinski definition) is 1. The minimum Gasteiger partial charge on any atom is -0.260 e. The molecule has 0 amide bonds.